The first-order chi connectivity index (χ1) is 11.6. The third-order valence-electron chi connectivity index (χ3n) is 4.02. The smallest absolute Gasteiger partial charge is 0.408 e. The molecule has 0 fully saturated rings. The zero-order valence-corrected chi connectivity index (χ0v) is 12.7. The van der Waals surface area contributed by atoms with E-state index < -0.39 is 18.1 Å². The minimum Gasteiger partial charge on any atom is -0.479 e. The molecule has 0 heterocycles. The summed E-state index contributed by atoms with van der Waals surface area (Å²) in [4.78, 5) is 22.6. The van der Waals surface area contributed by atoms with Gasteiger partial charge in [0.2, 0.25) is 0 Å². The lowest BCUT2D eigenvalue weighted by Crippen LogP contribution is -2.40. The van der Waals surface area contributed by atoms with Crippen molar-refractivity contribution in [3.05, 3.63) is 59.7 Å². The van der Waals surface area contributed by atoms with Crippen molar-refractivity contribution in [1.82, 2.24) is 5.32 Å². The highest BCUT2D eigenvalue weighted by Gasteiger charge is 2.29. The van der Waals surface area contributed by atoms with Crippen molar-refractivity contribution in [3.8, 4) is 23.5 Å². The van der Waals surface area contributed by atoms with Gasteiger partial charge in [-0.15, -0.1) is 6.42 Å². The summed E-state index contributed by atoms with van der Waals surface area (Å²) in [5, 5.41) is 11.0. The molecule has 2 aromatic rings. The molecule has 3 rings (SSSR count). The Kier molecular flexibility index (Phi) is 4.21. The molecule has 2 N–H and O–H groups in total. The van der Waals surface area contributed by atoms with Crippen LogP contribution in [0.15, 0.2) is 48.5 Å². The Labute approximate surface area is 139 Å². The molecule has 0 saturated heterocycles. The van der Waals surface area contributed by atoms with Gasteiger partial charge in [0, 0.05) is 5.92 Å². The van der Waals surface area contributed by atoms with Crippen LogP contribution in [-0.2, 0) is 9.53 Å². The number of rotatable bonds is 4. The average Bonchev–Trinajstić information content (AvgIpc) is 2.91. The Morgan fingerprint density at radius 1 is 1.12 bits per heavy atom. The van der Waals surface area contributed by atoms with Gasteiger partial charge in [-0.1, -0.05) is 54.5 Å². The van der Waals surface area contributed by atoms with Gasteiger partial charge in [-0.05, 0) is 22.3 Å². The highest BCUT2D eigenvalue weighted by Crippen LogP contribution is 2.44. The Morgan fingerprint density at radius 2 is 1.67 bits per heavy atom. The van der Waals surface area contributed by atoms with Crippen LogP contribution in [0.3, 0.4) is 0 Å². The quantitative estimate of drug-likeness (QED) is 0.849. The maximum atomic E-state index is 11.8. The fourth-order valence-electron chi connectivity index (χ4n) is 2.93. The van der Waals surface area contributed by atoms with E-state index in [4.69, 9.17) is 16.3 Å². The van der Waals surface area contributed by atoms with Gasteiger partial charge in [0.25, 0.3) is 0 Å². The number of ether oxygens (including phenoxy) is 1. The lowest BCUT2D eigenvalue weighted by molar-refractivity contribution is -0.137. The van der Waals surface area contributed by atoms with Crippen LogP contribution in [0.1, 0.15) is 17.0 Å². The van der Waals surface area contributed by atoms with Gasteiger partial charge in [0.15, 0.2) is 6.04 Å². The molecular formula is C19H15NO4. The number of hydrogen-bond acceptors (Lipinski definition) is 3. The molecule has 2 aromatic carbocycles. The topological polar surface area (TPSA) is 75.6 Å². The molecule has 0 bridgehead atoms. The summed E-state index contributed by atoms with van der Waals surface area (Å²) < 4.78 is 5.21. The van der Waals surface area contributed by atoms with Gasteiger partial charge in [-0.25, -0.2) is 9.59 Å². The normalized spacial score (nSPS) is 13.3. The van der Waals surface area contributed by atoms with E-state index in [-0.39, 0.29) is 12.5 Å². The van der Waals surface area contributed by atoms with Gasteiger partial charge >= 0.3 is 12.1 Å². The maximum absolute atomic E-state index is 11.8. The second-order valence-electron chi connectivity index (χ2n) is 5.41. The Morgan fingerprint density at radius 3 is 2.17 bits per heavy atom. The van der Waals surface area contributed by atoms with Crippen molar-refractivity contribution in [2.24, 2.45) is 0 Å². The van der Waals surface area contributed by atoms with E-state index in [1.165, 1.54) is 0 Å². The van der Waals surface area contributed by atoms with E-state index in [1.54, 1.807) is 0 Å². The Bertz CT molecular complexity index is 792. The van der Waals surface area contributed by atoms with Crippen molar-refractivity contribution in [2.45, 2.75) is 12.0 Å². The molecule has 1 amide bonds. The number of aliphatic carboxylic acids is 1. The molecule has 0 saturated carbocycles. The van der Waals surface area contributed by atoms with Gasteiger partial charge < -0.3 is 9.84 Å². The zero-order chi connectivity index (χ0) is 17.1. The predicted molar refractivity (Wildman–Crippen MR) is 88.5 cm³/mol. The molecule has 1 aliphatic carbocycles. The molecule has 0 aromatic heterocycles. The molecule has 24 heavy (non-hydrogen) atoms. The highest BCUT2D eigenvalue weighted by atomic mass is 16.5. The number of hydrogen-bond donors (Lipinski definition) is 2. The second-order valence-corrected chi connectivity index (χ2v) is 5.41. The molecule has 0 spiro atoms. The largest absolute Gasteiger partial charge is 0.479 e. The summed E-state index contributed by atoms with van der Waals surface area (Å²) in [6, 6.07) is 14.5. The summed E-state index contributed by atoms with van der Waals surface area (Å²) in [6.45, 7) is 0.108. The summed E-state index contributed by atoms with van der Waals surface area (Å²) >= 11 is 0. The van der Waals surface area contributed by atoms with Crippen molar-refractivity contribution in [2.75, 3.05) is 6.61 Å². The SMILES string of the molecule is C#C[C@@H](NC(=O)OCC1c2ccccc2-c2ccccc21)C(=O)O. The third kappa shape index (κ3) is 2.82. The van der Waals surface area contributed by atoms with Gasteiger partial charge in [-0.3, -0.25) is 5.32 Å². The van der Waals surface area contributed by atoms with E-state index in [0.29, 0.717) is 0 Å². The molecule has 0 unspecified atom stereocenters. The van der Waals surface area contributed by atoms with Crippen molar-refractivity contribution < 1.29 is 19.4 Å². The number of fused-ring (bicyclic) bond motifs is 3. The standard InChI is InChI=1S/C19H15NO4/c1-2-17(18(21)22)20-19(23)24-11-16-14-9-5-3-7-12(14)13-8-4-6-10-15(13)16/h1,3-10,16-17H,11H2,(H,20,23)(H,21,22)/t17-/m1/s1. The van der Waals surface area contributed by atoms with E-state index in [2.05, 4.69) is 5.32 Å². The van der Waals surface area contributed by atoms with Crippen LogP contribution in [0, 0.1) is 12.3 Å². The van der Waals surface area contributed by atoms with E-state index in [9.17, 15) is 9.59 Å². The van der Waals surface area contributed by atoms with Gasteiger partial charge in [0.05, 0.1) is 0 Å². The Hall–Kier alpha value is -3.26. The number of carbonyl (C=O) groups is 2. The minimum atomic E-state index is -1.40. The number of terminal acetylenes is 1. The second kappa shape index (κ2) is 6.47. The number of carboxylic acid groups (broad SMARTS) is 1. The number of benzene rings is 2. The number of carboxylic acids is 1. The van der Waals surface area contributed by atoms with Gasteiger partial charge in [0.1, 0.15) is 6.61 Å². The summed E-state index contributed by atoms with van der Waals surface area (Å²) in [5.74, 6) is 0.594. The summed E-state index contributed by atoms with van der Waals surface area (Å²) in [5.41, 5.74) is 4.40. The molecule has 5 nitrogen and oxygen atoms in total. The fourth-order valence-corrected chi connectivity index (χ4v) is 2.93. The summed E-state index contributed by atoms with van der Waals surface area (Å²) in [7, 11) is 0. The number of amides is 1. The molecule has 5 heteroatoms. The summed E-state index contributed by atoms with van der Waals surface area (Å²) in [6.07, 6.45) is 4.22. The van der Waals surface area contributed by atoms with E-state index in [0.717, 1.165) is 22.3 Å². The van der Waals surface area contributed by atoms with Crippen molar-refractivity contribution in [1.29, 1.82) is 0 Å². The zero-order valence-electron chi connectivity index (χ0n) is 12.7. The van der Waals surface area contributed by atoms with E-state index >= 15 is 0 Å². The van der Waals surface area contributed by atoms with Crippen LogP contribution in [0.4, 0.5) is 4.79 Å². The van der Waals surface area contributed by atoms with Crippen LogP contribution >= 0.6 is 0 Å². The molecule has 1 aliphatic rings. The van der Waals surface area contributed by atoms with Crippen LogP contribution in [-0.4, -0.2) is 29.8 Å². The predicted octanol–water partition coefficient (Wildman–Crippen LogP) is 2.61. The van der Waals surface area contributed by atoms with Crippen LogP contribution < -0.4 is 5.32 Å². The monoisotopic (exact) mass is 321 g/mol. The van der Waals surface area contributed by atoms with Gasteiger partial charge in [-0.2, -0.15) is 0 Å². The van der Waals surface area contributed by atoms with Crippen LogP contribution in [0.25, 0.3) is 11.1 Å². The van der Waals surface area contributed by atoms with Crippen LogP contribution in [0.5, 0.6) is 0 Å². The fraction of sp³-hybridized carbons (Fsp3) is 0.158. The minimum absolute atomic E-state index is 0.0859. The third-order valence-corrected chi connectivity index (χ3v) is 4.02. The first-order valence-electron chi connectivity index (χ1n) is 7.42. The van der Waals surface area contributed by atoms with Crippen molar-refractivity contribution >= 4 is 12.1 Å². The highest BCUT2D eigenvalue weighted by molar-refractivity contribution is 5.83. The molecule has 1 atom stereocenters. The van der Waals surface area contributed by atoms with Crippen LogP contribution in [0.2, 0.25) is 0 Å². The average molecular weight is 321 g/mol. The molecule has 0 radical (unpaired) electrons. The molecule has 120 valence electrons. The first kappa shape index (κ1) is 15.6. The van der Waals surface area contributed by atoms with Crippen molar-refractivity contribution in [3.63, 3.8) is 0 Å². The number of nitrogens with one attached hydrogen (secondary N) is 1. The Balaban J connectivity index is 1.75. The molecule has 0 aliphatic heterocycles. The molecular weight excluding hydrogens is 306 g/mol. The maximum Gasteiger partial charge on any atom is 0.408 e. The number of alkyl carbamates (subject to hydrolysis) is 1. The lowest BCUT2D eigenvalue weighted by Gasteiger charge is -2.15. The first-order valence-corrected chi connectivity index (χ1v) is 7.42. The van der Waals surface area contributed by atoms with E-state index in [1.807, 2.05) is 54.5 Å². The lowest BCUT2D eigenvalue weighted by atomic mass is 9.98. The number of carbonyl (C=O) groups excluding carboxylic acids is 1.